The molecule has 0 aliphatic rings. The molecule has 5 N–H and O–H groups in total. The fourth-order valence-corrected chi connectivity index (χ4v) is 1.42. The van der Waals surface area contributed by atoms with Gasteiger partial charge in [0.1, 0.15) is 22.8 Å². The van der Waals surface area contributed by atoms with Crippen molar-refractivity contribution in [2.75, 3.05) is 18.1 Å². The number of hydrogen-bond donors (Lipinski definition) is 3. The first kappa shape index (κ1) is 17.0. The number of aromatic nitrogens is 4. The highest BCUT2D eigenvalue weighted by Crippen LogP contribution is 2.10. The molecule has 0 spiro atoms. The molecule has 0 amide bonds. The van der Waals surface area contributed by atoms with Crippen LogP contribution in [0.1, 0.15) is 27.6 Å². The first-order valence-corrected chi connectivity index (χ1v) is 6.24. The van der Waals surface area contributed by atoms with Gasteiger partial charge in [0, 0.05) is 14.1 Å². The van der Waals surface area contributed by atoms with Crippen LogP contribution < -0.4 is 11.5 Å². The van der Waals surface area contributed by atoms with Gasteiger partial charge in [-0.2, -0.15) is 10.2 Å². The molecule has 120 valence electrons. The first-order valence-electron chi connectivity index (χ1n) is 6.24. The lowest BCUT2D eigenvalue weighted by Crippen LogP contribution is -2.07. The van der Waals surface area contributed by atoms with E-state index in [2.05, 4.69) is 10.2 Å². The van der Waals surface area contributed by atoms with Crippen LogP contribution in [0.25, 0.3) is 0 Å². The van der Waals surface area contributed by atoms with Crippen molar-refractivity contribution in [3.63, 3.8) is 0 Å². The number of rotatable bonds is 3. The summed E-state index contributed by atoms with van der Waals surface area (Å²) in [5.74, 6) is -0.977. The number of esters is 1. The molecule has 0 unspecified atom stereocenters. The van der Waals surface area contributed by atoms with E-state index >= 15 is 0 Å². The summed E-state index contributed by atoms with van der Waals surface area (Å²) in [5, 5.41) is 15.9. The van der Waals surface area contributed by atoms with E-state index < -0.39 is 11.9 Å². The molecule has 10 nitrogen and oxygen atoms in total. The topological polar surface area (TPSA) is 151 Å². The van der Waals surface area contributed by atoms with Gasteiger partial charge >= 0.3 is 11.9 Å². The van der Waals surface area contributed by atoms with Crippen LogP contribution in [0, 0.1) is 0 Å². The van der Waals surface area contributed by atoms with Gasteiger partial charge in [0.25, 0.3) is 0 Å². The largest absolute Gasteiger partial charge is 0.477 e. The van der Waals surface area contributed by atoms with Gasteiger partial charge in [0.05, 0.1) is 19.0 Å². The Hall–Kier alpha value is -3.04. The van der Waals surface area contributed by atoms with E-state index in [1.807, 2.05) is 0 Å². The quantitative estimate of drug-likeness (QED) is 0.663. The summed E-state index contributed by atoms with van der Waals surface area (Å²) in [6, 6.07) is 0. The van der Waals surface area contributed by atoms with Gasteiger partial charge in [-0.05, 0) is 6.92 Å². The second-order valence-electron chi connectivity index (χ2n) is 4.16. The summed E-state index contributed by atoms with van der Waals surface area (Å²) < 4.78 is 7.48. The van der Waals surface area contributed by atoms with Gasteiger partial charge in [-0.25, -0.2) is 9.59 Å². The Morgan fingerprint density at radius 1 is 1.14 bits per heavy atom. The maximum absolute atomic E-state index is 11.1. The van der Waals surface area contributed by atoms with Crippen molar-refractivity contribution in [3.05, 3.63) is 23.5 Å². The van der Waals surface area contributed by atoms with Gasteiger partial charge in [-0.1, -0.05) is 0 Å². The summed E-state index contributed by atoms with van der Waals surface area (Å²) in [6.45, 7) is 2.08. The summed E-state index contributed by atoms with van der Waals surface area (Å²) in [7, 11) is 3.25. The summed E-state index contributed by atoms with van der Waals surface area (Å²) in [4.78, 5) is 21.4. The van der Waals surface area contributed by atoms with E-state index in [1.54, 1.807) is 21.0 Å². The molecule has 0 aromatic carbocycles. The predicted molar refractivity (Wildman–Crippen MR) is 78.2 cm³/mol. The van der Waals surface area contributed by atoms with Gasteiger partial charge in [-0.3, -0.25) is 9.36 Å². The molecule has 0 atom stereocenters. The molecular weight excluding hydrogens is 292 g/mol. The highest BCUT2D eigenvalue weighted by atomic mass is 16.5. The molecule has 2 aromatic heterocycles. The molecule has 0 fully saturated rings. The number of nitrogens with zero attached hydrogens (tertiary/aromatic N) is 4. The van der Waals surface area contributed by atoms with Crippen molar-refractivity contribution >= 4 is 23.6 Å². The van der Waals surface area contributed by atoms with Crippen LogP contribution in [0.3, 0.4) is 0 Å². The number of hydrogen-bond acceptors (Lipinski definition) is 7. The van der Waals surface area contributed by atoms with Crippen molar-refractivity contribution < 1.29 is 19.4 Å². The third-order valence-electron chi connectivity index (χ3n) is 2.70. The van der Waals surface area contributed by atoms with E-state index in [0.717, 1.165) is 0 Å². The van der Waals surface area contributed by atoms with Gasteiger partial charge in [0.2, 0.25) is 0 Å². The monoisotopic (exact) mass is 310 g/mol. The summed E-state index contributed by atoms with van der Waals surface area (Å²) in [6.07, 6.45) is 2.62. The van der Waals surface area contributed by atoms with Crippen LogP contribution in [-0.2, 0) is 18.8 Å². The third kappa shape index (κ3) is 3.75. The average molecular weight is 310 g/mol. The lowest BCUT2D eigenvalue weighted by molar-refractivity contribution is 0.0527. The minimum Gasteiger partial charge on any atom is -0.477 e. The molecule has 0 bridgehead atoms. The average Bonchev–Trinajstić information content (AvgIpc) is 2.96. The van der Waals surface area contributed by atoms with E-state index in [9.17, 15) is 9.59 Å². The molecule has 0 saturated heterocycles. The number of nitrogen functional groups attached to an aromatic ring is 2. The normalized spacial score (nSPS) is 9.77. The van der Waals surface area contributed by atoms with Gasteiger partial charge in [-0.15, -0.1) is 0 Å². The van der Waals surface area contributed by atoms with E-state index in [1.165, 1.54) is 21.8 Å². The Balaban J connectivity index is 0.000000224. The standard InChI is InChI=1S/C7H11N3O2.C5H7N3O2/c1-3-12-7(11)5-4-9-10(2)6(5)8;1-8-4(6)3(2-7-8)5(9)10/h4H,3,8H2,1-2H3;2H,6H2,1H3,(H,9,10). The number of aromatic carboxylic acids is 1. The number of aryl methyl sites for hydroxylation is 2. The Morgan fingerprint density at radius 3 is 1.86 bits per heavy atom. The molecule has 0 saturated carbocycles. The number of ether oxygens (including phenoxy) is 1. The zero-order chi connectivity index (χ0) is 16.9. The number of anilines is 2. The van der Waals surface area contributed by atoms with E-state index in [4.69, 9.17) is 21.3 Å². The van der Waals surface area contributed by atoms with Crippen LogP contribution >= 0.6 is 0 Å². The fraction of sp³-hybridized carbons (Fsp3) is 0.333. The minimum atomic E-state index is -1.05. The zero-order valence-electron chi connectivity index (χ0n) is 12.5. The zero-order valence-corrected chi connectivity index (χ0v) is 12.5. The Bertz CT molecular complexity index is 675. The van der Waals surface area contributed by atoms with Crippen molar-refractivity contribution in [1.29, 1.82) is 0 Å². The lowest BCUT2D eigenvalue weighted by Gasteiger charge is -1.99. The number of carboxylic acids is 1. The van der Waals surface area contributed by atoms with Crippen molar-refractivity contribution in [2.45, 2.75) is 6.92 Å². The lowest BCUT2D eigenvalue weighted by atomic mass is 10.3. The molecule has 2 rings (SSSR count). The predicted octanol–water partition coefficient (Wildman–Crippen LogP) is -0.120. The van der Waals surface area contributed by atoms with Crippen molar-refractivity contribution in [3.8, 4) is 0 Å². The van der Waals surface area contributed by atoms with E-state index in [-0.39, 0.29) is 11.4 Å². The Labute approximate surface area is 126 Å². The van der Waals surface area contributed by atoms with Gasteiger partial charge in [0.15, 0.2) is 0 Å². The van der Waals surface area contributed by atoms with Crippen molar-refractivity contribution in [1.82, 2.24) is 19.6 Å². The van der Waals surface area contributed by atoms with Crippen LogP contribution in [0.4, 0.5) is 11.6 Å². The van der Waals surface area contributed by atoms with Crippen LogP contribution in [-0.4, -0.2) is 43.2 Å². The fourth-order valence-electron chi connectivity index (χ4n) is 1.42. The highest BCUT2D eigenvalue weighted by Gasteiger charge is 2.13. The van der Waals surface area contributed by atoms with Crippen molar-refractivity contribution in [2.24, 2.45) is 14.1 Å². The Kier molecular flexibility index (Phi) is 5.50. The smallest absolute Gasteiger partial charge is 0.343 e. The van der Waals surface area contributed by atoms with Crippen LogP contribution in [0.2, 0.25) is 0 Å². The summed E-state index contributed by atoms with van der Waals surface area (Å²) >= 11 is 0. The number of nitrogens with two attached hydrogens (primary N) is 2. The number of carboxylic acid groups (broad SMARTS) is 1. The SMILES string of the molecule is CCOC(=O)c1cnn(C)c1N.Cn1ncc(C(=O)O)c1N. The molecule has 22 heavy (non-hydrogen) atoms. The van der Waals surface area contributed by atoms with Crippen LogP contribution in [0.15, 0.2) is 12.4 Å². The second-order valence-corrected chi connectivity index (χ2v) is 4.16. The first-order chi connectivity index (χ1) is 10.3. The molecule has 0 aliphatic carbocycles. The van der Waals surface area contributed by atoms with Crippen LogP contribution in [0.5, 0.6) is 0 Å². The molecule has 2 heterocycles. The number of carbonyl (C=O) groups excluding carboxylic acids is 1. The van der Waals surface area contributed by atoms with Gasteiger partial charge < -0.3 is 21.3 Å². The Morgan fingerprint density at radius 2 is 1.59 bits per heavy atom. The molecule has 0 radical (unpaired) electrons. The van der Waals surface area contributed by atoms with E-state index in [0.29, 0.717) is 18.0 Å². The summed E-state index contributed by atoms with van der Waals surface area (Å²) in [5.41, 5.74) is 11.2. The number of carbonyl (C=O) groups is 2. The molecule has 0 aliphatic heterocycles. The highest BCUT2D eigenvalue weighted by molar-refractivity contribution is 5.94. The maximum atomic E-state index is 11.1. The molecular formula is C12H18N6O4. The second kappa shape index (κ2) is 7.11. The maximum Gasteiger partial charge on any atom is 0.343 e. The molecule has 10 heteroatoms. The minimum absolute atomic E-state index is 0.0440. The third-order valence-corrected chi connectivity index (χ3v) is 2.70. The molecule has 2 aromatic rings.